The van der Waals surface area contributed by atoms with Crippen LogP contribution in [0.15, 0.2) is 54.9 Å². The Morgan fingerprint density at radius 2 is 1.91 bits per heavy atom. The quantitative estimate of drug-likeness (QED) is 0.788. The first-order valence-corrected chi connectivity index (χ1v) is 6.94. The summed E-state index contributed by atoms with van der Waals surface area (Å²) in [5.41, 5.74) is 1.57. The number of carbonyl (C=O) groups excluding carboxylic acids is 2. The third kappa shape index (κ3) is 4.90. The summed E-state index contributed by atoms with van der Waals surface area (Å²) in [5.74, 6) is -0.257. The molecule has 2 rings (SSSR count). The van der Waals surface area contributed by atoms with Crippen LogP contribution in [0.4, 0.5) is 10.5 Å². The lowest BCUT2D eigenvalue weighted by molar-refractivity contribution is -0.122. The van der Waals surface area contributed by atoms with Gasteiger partial charge in [0.1, 0.15) is 6.04 Å². The Morgan fingerprint density at radius 1 is 1.14 bits per heavy atom. The van der Waals surface area contributed by atoms with E-state index in [9.17, 15) is 9.59 Å². The van der Waals surface area contributed by atoms with Crippen molar-refractivity contribution in [2.75, 3.05) is 5.32 Å². The minimum absolute atomic E-state index is 0.257. The van der Waals surface area contributed by atoms with Crippen molar-refractivity contribution >= 4 is 17.6 Å². The number of urea groups is 1. The fraction of sp³-hybridized carbons (Fsp3) is 0.188. The predicted molar refractivity (Wildman–Crippen MR) is 84.1 cm³/mol. The molecule has 22 heavy (non-hydrogen) atoms. The van der Waals surface area contributed by atoms with Crippen LogP contribution in [0, 0.1) is 0 Å². The third-order valence-corrected chi connectivity index (χ3v) is 2.96. The monoisotopic (exact) mass is 298 g/mol. The maximum absolute atomic E-state index is 11.9. The number of anilines is 1. The summed E-state index contributed by atoms with van der Waals surface area (Å²) in [6.07, 6.45) is 3.35. The smallest absolute Gasteiger partial charge is 0.319 e. The minimum Gasteiger partial charge on any atom is -0.350 e. The molecule has 0 unspecified atom stereocenters. The summed E-state index contributed by atoms with van der Waals surface area (Å²) in [5, 5.41) is 7.99. The highest BCUT2D eigenvalue weighted by Gasteiger charge is 2.15. The van der Waals surface area contributed by atoms with Crippen molar-refractivity contribution in [2.45, 2.75) is 19.5 Å². The first kappa shape index (κ1) is 15.5. The van der Waals surface area contributed by atoms with E-state index in [1.807, 2.05) is 24.3 Å². The van der Waals surface area contributed by atoms with Gasteiger partial charge < -0.3 is 16.0 Å². The summed E-state index contributed by atoms with van der Waals surface area (Å²) < 4.78 is 0. The second kappa shape index (κ2) is 7.78. The molecule has 2 aromatic rings. The maximum atomic E-state index is 11.9. The molecule has 0 aliphatic rings. The summed E-state index contributed by atoms with van der Waals surface area (Å²) in [6.45, 7) is 2.00. The highest BCUT2D eigenvalue weighted by atomic mass is 16.2. The van der Waals surface area contributed by atoms with E-state index in [0.717, 1.165) is 5.56 Å². The van der Waals surface area contributed by atoms with Gasteiger partial charge in [0.2, 0.25) is 5.91 Å². The van der Waals surface area contributed by atoms with Crippen molar-refractivity contribution in [3.63, 3.8) is 0 Å². The molecule has 0 fully saturated rings. The Balaban J connectivity index is 1.77. The number of hydrogen-bond donors (Lipinski definition) is 3. The molecule has 0 spiro atoms. The van der Waals surface area contributed by atoms with Gasteiger partial charge in [-0.2, -0.15) is 0 Å². The van der Waals surface area contributed by atoms with Gasteiger partial charge in [0.15, 0.2) is 0 Å². The normalized spacial score (nSPS) is 11.3. The molecule has 6 heteroatoms. The molecule has 1 aromatic carbocycles. The second-order valence-corrected chi connectivity index (χ2v) is 4.77. The van der Waals surface area contributed by atoms with Gasteiger partial charge in [-0.25, -0.2) is 4.79 Å². The molecule has 3 amide bonds. The van der Waals surface area contributed by atoms with Gasteiger partial charge in [0.05, 0.1) is 0 Å². The minimum atomic E-state index is -0.639. The number of hydrogen-bond acceptors (Lipinski definition) is 3. The van der Waals surface area contributed by atoms with Crippen LogP contribution >= 0.6 is 0 Å². The van der Waals surface area contributed by atoms with Gasteiger partial charge in [-0.05, 0) is 30.7 Å². The van der Waals surface area contributed by atoms with Gasteiger partial charge in [-0.1, -0.05) is 24.3 Å². The SMILES string of the molecule is C[C@@H](NC(=O)Nc1ccccc1)C(=O)NCc1cccnc1. The molecule has 0 aliphatic carbocycles. The number of rotatable bonds is 5. The number of para-hydroxylation sites is 1. The van der Waals surface area contributed by atoms with Crippen LogP contribution in [0.3, 0.4) is 0 Å². The zero-order valence-corrected chi connectivity index (χ0v) is 12.2. The second-order valence-electron chi connectivity index (χ2n) is 4.77. The fourth-order valence-electron chi connectivity index (χ4n) is 1.80. The molecule has 1 heterocycles. The van der Waals surface area contributed by atoms with Crippen LogP contribution in [0.1, 0.15) is 12.5 Å². The highest BCUT2D eigenvalue weighted by molar-refractivity contribution is 5.93. The topological polar surface area (TPSA) is 83.1 Å². The van der Waals surface area contributed by atoms with E-state index in [4.69, 9.17) is 0 Å². The Morgan fingerprint density at radius 3 is 2.59 bits per heavy atom. The molecule has 0 radical (unpaired) electrons. The number of amides is 3. The zero-order valence-electron chi connectivity index (χ0n) is 12.2. The van der Waals surface area contributed by atoms with Crippen LogP contribution in [0.25, 0.3) is 0 Å². The first-order valence-electron chi connectivity index (χ1n) is 6.94. The first-order chi connectivity index (χ1) is 10.6. The zero-order chi connectivity index (χ0) is 15.8. The van der Waals surface area contributed by atoms with Crippen molar-refractivity contribution in [1.82, 2.24) is 15.6 Å². The molecule has 114 valence electrons. The maximum Gasteiger partial charge on any atom is 0.319 e. The Labute approximate surface area is 129 Å². The van der Waals surface area contributed by atoms with Gasteiger partial charge in [-0.3, -0.25) is 9.78 Å². The molecule has 3 N–H and O–H groups in total. The van der Waals surface area contributed by atoms with Gasteiger partial charge in [-0.15, -0.1) is 0 Å². The van der Waals surface area contributed by atoms with Crippen LogP contribution < -0.4 is 16.0 Å². The summed E-state index contributed by atoms with van der Waals surface area (Å²) in [4.78, 5) is 27.7. The van der Waals surface area contributed by atoms with Crippen molar-refractivity contribution in [2.24, 2.45) is 0 Å². The molecule has 1 atom stereocenters. The Kier molecular flexibility index (Phi) is 5.48. The molecule has 1 aromatic heterocycles. The average Bonchev–Trinajstić information content (AvgIpc) is 2.54. The molecule has 0 saturated carbocycles. The van der Waals surface area contributed by atoms with Crippen molar-refractivity contribution in [3.8, 4) is 0 Å². The lowest BCUT2D eigenvalue weighted by Gasteiger charge is -2.14. The van der Waals surface area contributed by atoms with E-state index >= 15 is 0 Å². The highest BCUT2D eigenvalue weighted by Crippen LogP contribution is 2.04. The predicted octanol–water partition coefficient (Wildman–Crippen LogP) is 1.91. The van der Waals surface area contributed by atoms with Crippen LogP contribution in [-0.4, -0.2) is 23.0 Å². The van der Waals surface area contributed by atoms with Crippen LogP contribution in [-0.2, 0) is 11.3 Å². The molecule has 0 saturated heterocycles. The summed E-state index contributed by atoms with van der Waals surface area (Å²) >= 11 is 0. The number of aromatic nitrogens is 1. The summed E-state index contributed by atoms with van der Waals surface area (Å²) in [6, 6.07) is 11.6. The number of nitrogens with one attached hydrogen (secondary N) is 3. The number of pyridine rings is 1. The van der Waals surface area contributed by atoms with E-state index in [2.05, 4.69) is 20.9 Å². The fourth-order valence-corrected chi connectivity index (χ4v) is 1.80. The van der Waals surface area contributed by atoms with Crippen molar-refractivity contribution in [3.05, 3.63) is 60.4 Å². The number of benzene rings is 1. The Hall–Kier alpha value is -2.89. The van der Waals surface area contributed by atoms with E-state index in [0.29, 0.717) is 12.2 Å². The lowest BCUT2D eigenvalue weighted by atomic mass is 10.2. The summed E-state index contributed by atoms with van der Waals surface area (Å²) in [7, 11) is 0. The lowest BCUT2D eigenvalue weighted by Crippen LogP contribution is -2.46. The standard InChI is InChI=1S/C16H18N4O2/c1-12(15(21)18-11-13-6-5-9-17-10-13)19-16(22)20-14-7-3-2-4-8-14/h2-10,12H,11H2,1H3,(H,18,21)(H2,19,20,22)/t12-/m1/s1. The number of nitrogens with zero attached hydrogens (tertiary/aromatic N) is 1. The van der Waals surface area contributed by atoms with E-state index in [-0.39, 0.29) is 5.91 Å². The molecule has 0 bridgehead atoms. The van der Waals surface area contributed by atoms with Gasteiger partial charge >= 0.3 is 6.03 Å². The van der Waals surface area contributed by atoms with E-state index in [1.54, 1.807) is 37.5 Å². The largest absolute Gasteiger partial charge is 0.350 e. The van der Waals surface area contributed by atoms with Crippen LogP contribution in [0.2, 0.25) is 0 Å². The van der Waals surface area contributed by atoms with E-state index < -0.39 is 12.1 Å². The van der Waals surface area contributed by atoms with Crippen molar-refractivity contribution in [1.29, 1.82) is 0 Å². The van der Waals surface area contributed by atoms with E-state index in [1.165, 1.54) is 0 Å². The van der Waals surface area contributed by atoms with Crippen LogP contribution in [0.5, 0.6) is 0 Å². The Bertz CT molecular complexity index is 617. The van der Waals surface area contributed by atoms with Gasteiger partial charge in [0, 0.05) is 24.6 Å². The molecule has 0 aliphatic heterocycles. The third-order valence-electron chi connectivity index (χ3n) is 2.96. The molecular weight excluding hydrogens is 280 g/mol. The van der Waals surface area contributed by atoms with Crippen molar-refractivity contribution < 1.29 is 9.59 Å². The number of carbonyl (C=O) groups is 2. The average molecular weight is 298 g/mol. The molecular formula is C16H18N4O2. The molecule has 6 nitrogen and oxygen atoms in total. The van der Waals surface area contributed by atoms with Gasteiger partial charge in [0.25, 0.3) is 0 Å².